The van der Waals surface area contributed by atoms with Crippen molar-refractivity contribution in [1.29, 1.82) is 0 Å². The number of hydrogen-bond acceptors (Lipinski definition) is 4. The first-order valence-electron chi connectivity index (χ1n) is 10.2. The molecular formula is C22H27ClFN3O4S. The van der Waals surface area contributed by atoms with Gasteiger partial charge in [0, 0.05) is 36.8 Å². The van der Waals surface area contributed by atoms with Gasteiger partial charge in [0.2, 0.25) is 15.9 Å². The van der Waals surface area contributed by atoms with Crippen molar-refractivity contribution >= 4 is 33.4 Å². The van der Waals surface area contributed by atoms with Crippen LogP contribution in [-0.2, 0) is 21.4 Å². The Morgan fingerprint density at radius 1 is 1.00 bits per heavy atom. The summed E-state index contributed by atoms with van der Waals surface area (Å²) in [5, 5.41) is 3.31. The molecule has 0 bridgehead atoms. The highest BCUT2D eigenvalue weighted by Crippen LogP contribution is 2.21. The van der Waals surface area contributed by atoms with Gasteiger partial charge < -0.3 is 10.2 Å². The van der Waals surface area contributed by atoms with E-state index in [1.807, 2.05) is 0 Å². The lowest BCUT2D eigenvalue weighted by Gasteiger charge is -2.22. The third-order valence-corrected chi connectivity index (χ3v) is 7.22. The fourth-order valence-corrected chi connectivity index (χ4v) is 4.75. The van der Waals surface area contributed by atoms with Crippen molar-refractivity contribution < 1.29 is 22.4 Å². The Balaban J connectivity index is 2.15. The highest BCUT2D eigenvalue weighted by atomic mass is 35.5. The lowest BCUT2D eigenvalue weighted by molar-refractivity contribution is -0.121. The van der Waals surface area contributed by atoms with Crippen LogP contribution >= 0.6 is 11.6 Å². The lowest BCUT2D eigenvalue weighted by Crippen LogP contribution is -2.40. The topological polar surface area (TPSA) is 86.8 Å². The second-order valence-electron chi connectivity index (χ2n) is 6.96. The molecule has 174 valence electrons. The third-order valence-electron chi connectivity index (χ3n) is 4.91. The van der Waals surface area contributed by atoms with E-state index in [9.17, 15) is 22.4 Å². The van der Waals surface area contributed by atoms with Crippen LogP contribution in [0.4, 0.5) is 4.39 Å². The average molecular weight is 484 g/mol. The van der Waals surface area contributed by atoms with Gasteiger partial charge in [-0.1, -0.05) is 37.6 Å². The zero-order valence-electron chi connectivity index (χ0n) is 18.3. The van der Waals surface area contributed by atoms with Gasteiger partial charge in [0.25, 0.3) is 5.91 Å². The van der Waals surface area contributed by atoms with Gasteiger partial charge in [-0.25, -0.2) is 12.8 Å². The van der Waals surface area contributed by atoms with Crippen LogP contribution in [0.15, 0.2) is 47.4 Å². The van der Waals surface area contributed by atoms with Gasteiger partial charge in [-0.3, -0.25) is 9.59 Å². The van der Waals surface area contributed by atoms with E-state index in [-0.39, 0.29) is 44.2 Å². The molecule has 0 aliphatic carbocycles. The molecular weight excluding hydrogens is 457 g/mol. The molecule has 0 unspecified atom stereocenters. The summed E-state index contributed by atoms with van der Waals surface area (Å²) in [6.07, 6.45) is 0. The minimum absolute atomic E-state index is 0.00974. The van der Waals surface area contributed by atoms with E-state index in [0.29, 0.717) is 5.02 Å². The van der Waals surface area contributed by atoms with Crippen LogP contribution in [0, 0.1) is 5.82 Å². The highest BCUT2D eigenvalue weighted by molar-refractivity contribution is 7.89. The summed E-state index contributed by atoms with van der Waals surface area (Å²) in [6, 6.07) is 10.2. The number of hydrogen-bond donors (Lipinski definition) is 1. The quantitative estimate of drug-likeness (QED) is 0.561. The average Bonchev–Trinajstić information content (AvgIpc) is 2.77. The van der Waals surface area contributed by atoms with Gasteiger partial charge in [-0.2, -0.15) is 4.31 Å². The summed E-state index contributed by atoms with van der Waals surface area (Å²) in [5.41, 5.74) is 0.839. The predicted octanol–water partition coefficient (Wildman–Crippen LogP) is 3.29. The van der Waals surface area contributed by atoms with Crippen LogP contribution in [0.1, 0.15) is 36.7 Å². The molecule has 2 rings (SSSR count). The van der Waals surface area contributed by atoms with Gasteiger partial charge in [-0.05, 0) is 42.8 Å². The number of amides is 2. The van der Waals surface area contributed by atoms with Gasteiger partial charge in [0.05, 0.1) is 6.54 Å². The zero-order valence-corrected chi connectivity index (χ0v) is 19.8. The fourth-order valence-electron chi connectivity index (χ4n) is 3.08. The lowest BCUT2D eigenvalue weighted by atomic mass is 10.2. The molecule has 7 nitrogen and oxygen atoms in total. The molecule has 0 heterocycles. The van der Waals surface area contributed by atoms with E-state index in [1.54, 1.807) is 45.0 Å². The third kappa shape index (κ3) is 6.27. The van der Waals surface area contributed by atoms with Crippen LogP contribution in [0.25, 0.3) is 0 Å². The summed E-state index contributed by atoms with van der Waals surface area (Å²) in [6.45, 7) is 5.59. The second kappa shape index (κ2) is 11.4. The number of halogens is 2. The van der Waals surface area contributed by atoms with Crippen molar-refractivity contribution in [1.82, 2.24) is 14.5 Å². The van der Waals surface area contributed by atoms with E-state index in [2.05, 4.69) is 5.32 Å². The number of likely N-dealkylation sites (N-methyl/N-ethyl adjacent to an activating group) is 1. The monoisotopic (exact) mass is 483 g/mol. The molecule has 1 N–H and O–H groups in total. The van der Waals surface area contributed by atoms with E-state index < -0.39 is 26.6 Å². The predicted molar refractivity (Wildman–Crippen MR) is 121 cm³/mol. The summed E-state index contributed by atoms with van der Waals surface area (Å²) in [7, 11) is -4.09. The molecule has 0 atom stereocenters. The van der Waals surface area contributed by atoms with Crippen LogP contribution in [0.5, 0.6) is 0 Å². The Morgan fingerprint density at radius 3 is 2.19 bits per heavy atom. The molecule has 0 saturated carbocycles. The molecule has 0 radical (unpaired) electrons. The van der Waals surface area contributed by atoms with Crippen LogP contribution < -0.4 is 5.32 Å². The van der Waals surface area contributed by atoms with Crippen LogP contribution in [0.2, 0.25) is 5.02 Å². The first kappa shape index (κ1) is 25.8. The maximum absolute atomic E-state index is 14.3. The number of nitrogens with zero attached hydrogens (tertiary/aromatic N) is 2. The van der Waals surface area contributed by atoms with E-state index in [4.69, 9.17) is 11.6 Å². The molecule has 0 saturated heterocycles. The van der Waals surface area contributed by atoms with Crippen molar-refractivity contribution in [3.05, 3.63) is 64.4 Å². The molecule has 0 spiro atoms. The number of carbonyl (C=O) groups excluding carboxylic acids is 2. The minimum atomic E-state index is -4.09. The van der Waals surface area contributed by atoms with E-state index in [1.165, 1.54) is 11.0 Å². The Kier molecular flexibility index (Phi) is 9.18. The number of sulfonamides is 1. The standard InChI is InChI=1S/C22H27ClFN3O4S/c1-4-26(15-21(28)25-14-16-7-10-18(23)11-8-16)22(29)17-9-12-19(24)20(13-17)32(30,31)27(5-2)6-3/h7-13H,4-6,14-15H2,1-3H3,(H,25,28). The smallest absolute Gasteiger partial charge is 0.254 e. The summed E-state index contributed by atoms with van der Waals surface area (Å²) in [5.74, 6) is -1.88. The summed E-state index contributed by atoms with van der Waals surface area (Å²) < 4.78 is 40.9. The molecule has 2 aromatic rings. The normalized spacial score (nSPS) is 11.4. The second-order valence-corrected chi connectivity index (χ2v) is 9.30. The van der Waals surface area contributed by atoms with Gasteiger partial charge in [0.1, 0.15) is 10.7 Å². The first-order valence-corrected chi connectivity index (χ1v) is 12.1. The summed E-state index contributed by atoms with van der Waals surface area (Å²) in [4.78, 5) is 26.0. The fraction of sp³-hybridized carbons (Fsp3) is 0.364. The summed E-state index contributed by atoms with van der Waals surface area (Å²) >= 11 is 5.84. The number of carbonyl (C=O) groups is 2. The van der Waals surface area contributed by atoms with Gasteiger partial charge >= 0.3 is 0 Å². The molecule has 0 aliphatic rings. The Labute approximate surface area is 193 Å². The zero-order chi connectivity index (χ0) is 23.9. The SMILES string of the molecule is CCN(CC(=O)NCc1ccc(Cl)cc1)C(=O)c1ccc(F)c(S(=O)(=O)N(CC)CC)c1. The number of nitrogens with one attached hydrogen (secondary N) is 1. The minimum Gasteiger partial charge on any atom is -0.350 e. The van der Waals surface area contributed by atoms with E-state index in [0.717, 1.165) is 22.0 Å². The van der Waals surface area contributed by atoms with Crippen LogP contribution in [-0.4, -0.2) is 55.6 Å². The largest absolute Gasteiger partial charge is 0.350 e. The molecule has 32 heavy (non-hydrogen) atoms. The van der Waals surface area contributed by atoms with Crippen molar-refractivity contribution in [2.75, 3.05) is 26.2 Å². The Hall–Kier alpha value is -2.49. The van der Waals surface area contributed by atoms with Crippen molar-refractivity contribution in [2.45, 2.75) is 32.2 Å². The van der Waals surface area contributed by atoms with Crippen molar-refractivity contribution in [2.24, 2.45) is 0 Å². The highest BCUT2D eigenvalue weighted by Gasteiger charge is 2.27. The molecule has 2 aromatic carbocycles. The molecule has 10 heteroatoms. The van der Waals surface area contributed by atoms with Gasteiger partial charge in [0.15, 0.2) is 0 Å². The van der Waals surface area contributed by atoms with Crippen molar-refractivity contribution in [3.63, 3.8) is 0 Å². The van der Waals surface area contributed by atoms with E-state index >= 15 is 0 Å². The first-order chi connectivity index (χ1) is 15.1. The molecule has 2 amide bonds. The Morgan fingerprint density at radius 2 is 1.62 bits per heavy atom. The van der Waals surface area contributed by atoms with Crippen LogP contribution in [0.3, 0.4) is 0 Å². The molecule has 0 aromatic heterocycles. The maximum Gasteiger partial charge on any atom is 0.254 e. The van der Waals surface area contributed by atoms with Gasteiger partial charge in [-0.15, -0.1) is 0 Å². The number of benzene rings is 2. The molecule has 0 aliphatic heterocycles. The number of rotatable bonds is 10. The van der Waals surface area contributed by atoms with Crippen molar-refractivity contribution in [3.8, 4) is 0 Å². The maximum atomic E-state index is 14.3. The molecule has 0 fully saturated rings. The Bertz CT molecular complexity index is 1060.